The number of aryl methyl sites for hydroxylation is 1. The number of nitrogens with zero attached hydrogens (tertiary/aromatic N) is 5. The number of carbonyl (C=O) groups excluding carboxylic acids is 1. The van der Waals surface area contributed by atoms with Gasteiger partial charge < -0.3 is 14.7 Å². The molecule has 0 unspecified atom stereocenters. The molecule has 8 nitrogen and oxygen atoms in total. The monoisotopic (exact) mass is 449 g/mol. The van der Waals surface area contributed by atoms with Gasteiger partial charge in [-0.05, 0) is 18.6 Å². The number of rotatable bonds is 5. The van der Waals surface area contributed by atoms with E-state index in [0.29, 0.717) is 55.0 Å². The van der Waals surface area contributed by atoms with Crippen molar-refractivity contribution < 1.29 is 14.6 Å². The molecule has 1 aliphatic heterocycles. The second-order valence-corrected chi connectivity index (χ2v) is 8.43. The predicted molar refractivity (Wildman–Crippen MR) is 115 cm³/mol. The summed E-state index contributed by atoms with van der Waals surface area (Å²) in [5, 5.41) is 16.0. The molecule has 0 spiro atoms. The van der Waals surface area contributed by atoms with Crippen molar-refractivity contribution in [2.24, 2.45) is 0 Å². The maximum absolute atomic E-state index is 12.1. The second-order valence-electron chi connectivity index (χ2n) is 7.01. The fourth-order valence-electron chi connectivity index (χ4n) is 3.70. The zero-order chi connectivity index (χ0) is 21.3. The van der Waals surface area contributed by atoms with Gasteiger partial charge in [-0.25, -0.2) is 9.78 Å². The number of benzene rings is 1. The number of halogens is 1. The fraction of sp³-hybridized carbons (Fsp3) is 0.450. The first-order valence-electron chi connectivity index (χ1n) is 10.0. The van der Waals surface area contributed by atoms with E-state index in [0.717, 1.165) is 10.4 Å². The lowest BCUT2D eigenvalue weighted by Gasteiger charge is -2.38. The Morgan fingerprint density at radius 3 is 2.63 bits per heavy atom. The van der Waals surface area contributed by atoms with Crippen LogP contribution in [0, 0.1) is 0 Å². The van der Waals surface area contributed by atoms with Gasteiger partial charge in [0.15, 0.2) is 5.82 Å². The molecule has 0 bridgehead atoms. The van der Waals surface area contributed by atoms with E-state index in [1.807, 2.05) is 31.2 Å². The molecule has 0 saturated carbocycles. The maximum atomic E-state index is 12.1. The minimum atomic E-state index is -0.292. The lowest BCUT2D eigenvalue weighted by Crippen LogP contribution is -2.50. The number of aromatic nitrogens is 3. The van der Waals surface area contributed by atoms with E-state index in [4.69, 9.17) is 16.3 Å². The van der Waals surface area contributed by atoms with Crippen LogP contribution in [0.25, 0.3) is 4.96 Å². The molecule has 0 radical (unpaired) electrons. The Labute approximate surface area is 183 Å². The van der Waals surface area contributed by atoms with Crippen LogP contribution in [0.1, 0.15) is 36.2 Å². The molecule has 0 aliphatic carbocycles. The Hall–Kier alpha value is -2.36. The summed E-state index contributed by atoms with van der Waals surface area (Å²) in [6, 6.07) is 7.38. The molecule has 1 N–H and O–H groups in total. The highest BCUT2D eigenvalue weighted by Crippen LogP contribution is 2.42. The van der Waals surface area contributed by atoms with Crippen LogP contribution in [0.15, 0.2) is 24.3 Å². The number of thiazole rings is 1. The summed E-state index contributed by atoms with van der Waals surface area (Å²) in [5.74, 6) is 0.778. The summed E-state index contributed by atoms with van der Waals surface area (Å²) in [6.45, 7) is 6.48. The number of amides is 1. The molecule has 30 heavy (non-hydrogen) atoms. The van der Waals surface area contributed by atoms with Gasteiger partial charge in [-0.2, -0.15) is 4.52 Å². The Morgan fingerprint density at radius 1 is 1.27 bits per heavy atom. The summed E-state index contributed by atoms with van der Waals surface area (Å²) in [7, 11) is 0. The lowest BCUT2D eigenvalue weighted by molar-refractivity contribution is 0.0715. The molecular weight excluding hydrogens is 426 g/mol. The van der Waals surface area contributed by atoms with Gasteiger partial charge in [-0.1, -0.05) is 48.1 Å². The number of carbonyl (C=O) groups is 1. The van der Waals surface area contributed by atoms with Crippen LogP contribution in [0.5, 0.6) is 5.88 Å². The maximum Gasteiger partial charge on any atom is 0.409 e. The van der Waals surface area contributed by atoms with E-state index in [9.17, 15) is 9.90 Å². The smallest absolute Gasteiger partial charge is 0.409 e. The van der Waals surface area contributed by atoms with Crippen LogP contribution in [0.4, 0.5) is 4.79 Å². The minimum absolute atomic E-state index is 0.0833. The Balaban J connectivity index is 1.69. The van der Waals surface area contributed by atoms with Crippen LogP contribution in [-0.2, 0) is 11.2 Å². The van der Waals surface area contributed by atoms with E-state index < -0.39 is 0 Å². The normalized spacial score (nSPS) is 16.2. The average molecular weight is 450 g/mol. The molecule has 2 aromatic heterocycles. The van der Waals surface area contributed by atoms with Crippen LogP contribution in [0.2, 0.25) is 5.02 Å². The first-order chi connectivity index (χ1) is 14.5. The zero-order valence-electron chi connectivity index (χ0n) is 16.9. The van der Waals surface area contributed by atoms with Crippen molar-refractivity contribution in [1.29, 1.82) is 0 Å². The number of ether oxygens (including phenoxy) is 1. The van der Waals surface area contributed by atoms with Gasteiger partial charge in [-0.15, -0.1) is 5.10 Å². The molecule has 3 aromatic rings. The molecule has 1 aliphatic rings. The highest BCUT2D eigenvalue weighted by atomic mass is 35.5. The van der Waals surface area contributed by atoms with Gasteiger partial charge in [0, 0.05) is 37.6 Å². The largest absolute Gasteiger partial charge is 0.492 e. The van der Waals surface area contributed by atoms with Crippen molar-refractivity contribution >= 4 is 34.0 Å². The van der Waals surface area contributed by atoms with Crippen molar-refractivity contribution in [2.75, 3.05) is 32.8 Å². The van der Waals surface area contributed by atoms with E-state index in [2.05, 4.69) is 15.0 Å². The van der Waals surface area contributed by atoms with Crippen molar-refractivity contribution in [1.82, 2.24) is 24.4 Å². The third-order valence-electron chi connectivity index (χ3n) is 5.21. The van der Waals surface area contributed by atoms with Gasteiger partial charge in [0.25, 0.3) is 0 Å². The van der Waals surface area contributed by atoms with Crippen molar-refractivity contribution in [3.63, 3.8) is 0 Å². The lowest BCUT2D eigenvalue weighted by atomic mass is 10.0. The highest BCUT2D eigenvalue weighted by molar-refractivity contribution is 7.17. The fourth-order valence-corrected chi connectivity index (χ4v) is 5.06. The average Bonchev–Trinajstić information content (AvgIpc) is 3.29. The zero-order valence-corrected chi connectivity index (χ0v) is 18.5. The SMILES string of the molecule is CCOC(=O)N1CCN([C@@H](c2ccccc2Cl)c2sc3nc(CC)nn3c2O)CC1. The molecule has 1 aromatic carbocycles. The van der Waals surface area contributed by atoms with Gasteiger partial charge in [0.2, 0.25) is 10.8 Å². The Kier molecular flexibility index (Phi) is 6.12. The Bertz CT molecular complexity index is 1040. The summed E-state index contributed by atoms with van der Waals surface area (Å²) in [4.78, 5) is 21.9. The van der Waals surface area contributed by atoms with E-state index >= 15 is 0 Å². The number of aromatic hydroxyl groups is 1. The van der Waals surface area contributed by atoms with Gasteiger partial charge in [-0.3, -0.25) is 4.90 Å². The molecule has 1 atom stereocenters. The van der Waals surface area contributed by atoms with Crippen LogP contribution in [0.3, 0.4) is 0 Å². The topological polar surface area (TPSA) is 83.2 Å². The quantitative estimate of drug-likeness (QED) is 0.641. The van der Waals surface area contributed by atoms with E-state index in [-0.39, 0.29) is 18.0 Å². The molecule has 1 amide bonds. The molecule has 3 heterocycles. The number of fused-ring (bicyclic) bond motifs is 1. The van der Waals surface area contributed by atoms with E-state index in [1.54, 1.807) is 11.8 Å². The van der Waals surface area contributed by atoms with E-state index in [1.165, 1.54) is 15.9 Å². The summed E-state index contributed by atoms with van der Waals surface area (Å²) in [6.07, 6.45) is 0.410. The third kappa shape index (κ3) is 3.84. The minimum Gasteiger partial charge on any atom is -0.492 e. The predicted octanol–water partition coefficient (Wildman–Crippen LogP) is 3.58. The standard InChI is InChI=1S/C20H24ClN5O3S/c1-3-15-22-19-26(23-15)18(27)17(30-19)16(13-7-5-6-8-14(13)21)24-9-11-25(12-10-24)20(28)29-4-2/h5-8,16,27H,3-4,9-12H2,1-2H3/t16-/m0/s1. The Morgan fingerprint density at radius 2 is 2.00 bits per heavy atom. The summed E-state index contributed by atoms with van der Waals surface area (Å²) < 4.78 is 6.62. The van der Waals surface area contributed by atoms with Crippen molar-refractivity contribution in [3.8, 4) is 5.88 Å². The van der Waals surface area contributed by atoms with Crippen LogP contribution in [-0.4, -0.2) is 68.4 Å². The first-order valence-corrected chi connectivity index (χ1v) is 11.2. The van der Waals surface area contributed by atoms with Crippen molar-refractivity contribution in [2.45, 2.75) is 26.3 Å². The molecule has 1 fully saturated rings. The first kappa shape index (κ1) is 20.9. The summed E-state index contributed by atoms with van der Waals surface area (Å²) >= 11 is 7.97. The van der Waals surface area contributed by atoms with Crippen molar-refractivity contribution in [3.05, 3.63) is 45.6 Å². The summed E-state index contributed by atoms with van der Waals surface area (Å²) in [5.41, 5.74) is 0.902. The van der Waals surface area contributed by atoms with Gasteiger partial charge in [0.05, 0.1) is 17.5 Å². The second kappa shape index (κ2) is 8.79. The molecular formula is C20H24ClN5O3S. The van der Waals surface area contributed by atoms with Gasteiger partial charge in [0.1, 0.15) is 0 Å². The molecule has 4 rings (SSSR count). The number of piperazine rings is 1. The molecule has 160 valence electrons. The van der Waals surface area contributed by atoms with Crippen LogP contribution < -0.4 is 0 Å². The number of hydrogen-bond acceptors (Lipinski definition) is 7. The van der Waals surface area contributed by atoms with Gasteiger partial charge >= 0.3 is 6.09 Å². The highest BCUT2D eigenvalue weighted by Gasteiger charge is 2.33. The molecule has 10 heteroatoms. The number of hydrogen-bond donors (Lipinski definition) is 1. The van der Waals surface area contributed by atoms with Crippen LogP contribution >= 0.6 is 22.9 Å². The third-order valence-corrected chi connectivity index (χ3v) is 6.63. The molecule has 1 saturated heterocycles.